The number of nitrogens with zero attached hydrogens (tertiary/aromatic N) is 3. The number of ether oxygens (including phenoxy) is 1. The molecule has 104 valence electrons. The summed E-state index contributed by atoms with van der Waals surface area (Å²) in [6.45, 7) is 0.280. The van der Waals surface area contributed by atoms with Gasteiger partial charge in [-0.2, -0.15) is 0 Å². The summed E-state index contributed by atoms with van der Waals surface area (Å²) < 4.78 is 5.21. The first kappa shape index (κ1) is 13.0. The first-order valence-corrected chi connectivity index (χ1v) is 7.03. The van der Waals surface area contributed by atoms with Gasteiger partial charge in [0.05, 0.1) is 10.6 Å². The molecule has 0 saturated heterocycles. The normalized spacial score (nSPS) is 21.1. The Morgan fingerprint density at radius 1 is 1.65 bits per heavy atom. The number of rotatable bonds is 4. The van der Waals surface area contributed by atoms with E-state index >= 15 is 0 Å². The Morgan fingerprint density at radius 3 is 3.15 bits per heavy atom. The molecule has 6 nitrogen and oxygen atoms in total. The number of hydrogen-bond acceptors (Lipinski definition) is 6. The minimum atomic E-state index is -0.334. The predicted molar refractivity (Wildman–Crippen MR) is 75.1 cm³/mol. The monoisotopic (exact) mass is 291 g/mol. The van der Waals surface area contributed by atoms with E-state index in [1.54, 1.807) is 19.4 Å². The third-order valence-electron chi connectivity index (χ3n) is 3.33. The van der Waals surface area contributed by atoms with E-state index in [2.05, 4.69) is 4.98 Å². The summed E-state index contributed by atoms with van der Waals surface area (Å²) in [7, 11) is 1.58. The summed E-state index contributed by atoms with van der Waals surface area (Å²) in [6.07, 6.45) is 7.96. The fourth-order valence-electron chi connectivity index (χ4n) is 2.57. The fourth-order valence-corrected chi connectivity index (χ4v) is 3.24. The maximum atomic E-state index is 11.2. The van der Waals surface area contributed by atoms with Gasteiger partial charge in [-0.25, -0.2) is 4.98 Å². The smallest absolute Gasteiger partial charge is 0.289 e. The van der Waals surface area contributed by atoms with Crippen molar-refractivity contribution in [3.05, 3.63) is 56.3 Å². The van der Waals surface area contributed by atoms with Crippen LogP contribution in [0.4, 0.5) is 0 Å². The van der Waals surface area contributed by atoms with Gasteiger partial charge in [-0.05, 0) is 12.5 Å². The van der Waals surface area contributed by atoms with Crippen LogP contribution in [-0.2, 0) is 4.74 Å². The Balaban J connectivity index is 2.08. The van der Waals surface area contributed by atoms with Crippen LogP contribution in [0.25, 0.3) is 5.70 Å². The lowest BCUT2D eigenvalue weighted by Gasteiger charge is -2.24. The second-order valence-electron chi connectivity index (χ2n) is 4.51. The molecule has 1 aliphatic heterocycles. The highest BCUT2D eigenvalue weighted by molar-refractivity contribution is 7.10. The average Bonchev–Trinajstić information content (AvgIpc) is 3.06. The van der Waals surface area contributed by atoms with Gasteiger partial charge in [-0.1, -0.05) is 6.08 Å². The van der Waals surface area contributed by atoms with Crippen molar-refractivity contribution in [2.24, 2.45) is 5.92 Å². The summed E-state index contributed by atoms with van der Waals surface area (Å²) in [5.41, 5.74) is 1.73. The highest BCUT2D eigenvalue weighted by Gasteiger charge is 2.38. The van der Waals surface area contributed by atoms with Gasteiger partial charge >= 0.3 is 0 Å². The zero-order chi connectivity index (χ0) is 14.1. The fraction of sp³-hybridized carbons (Fsp3) is 0.308. The molecule has 1 aliphatic carbocycles. The predicted octanol–water partition coefficient (Wildman–Crippen LogP) is 2.47. The number of methoxy groups -OCH3 is 1. The van der Waals surface area contributed by atoms with Crippen molar-refractivity contribution < 1.29 is 9.66 Å². The van der Waals surface area contributed by atoms with Gasteiger partial charge < -0.3 is 9.64 Å². The molecule has 2 heterocycles. The van der Waals surface area contributed by atoms with E-state index in [4.69, 9.17) is 4.74 Å². The van der Waals surface area contributed by atoms with Crippen molar-refractivity contribution in [1.29, 1.82) is 0 Å². The summed E-state index contributed by atoms with van der Waals surface area (Å²) in [5.74, 6) is 0.0226. The molecule has 1 unspecified atom stereocenters. The third kappa shape index (κ3) is 2.04. The molecule has 20 heavy (non-hydrogen) atoms. The first-order valence-electron chi connectivity index (χ1n) is 6.15. The van der Waals surface area contributed by atoms with Gasteiger partial charge in [0.15, 0.2) is 0 Å². The molecule has 0 fully saturated rings. The number of fused-ring (bicyclic) bond motifs is 1. The second-order valence-corrected chi connectivity index (χ2v) is 5.40. The Morgan fingerprint density at radius 2 is 2.50 bits per heavy atom. The van der Waals surface area contributed by atoms with Crippen LogP contribution in [0.5, 0.6) is 0 Å². The lowest BCUT2D eigenvalue weighted by atomic mass is 9.97. The van der Waals surface area contributed by atoms with E-state index in [9.17, 15) is 10.1 Å². The first-order chi connectivity index (χ1) is 9.72. The minimum absolute atomic E-state index is 0.0226. The van der Waals surface area contributed by atoms with Gasteiger partial charge in [0.2, 0.25) is 0 Å². The Bertz CT molecular complexity index is 619. The molecule has 0 N–H and O–H groups in total. The number of nitro groups is 1. The molecule has 0 aromatic carbocycles. The molecule has 1 aromatic rings. The molecule has 7 heteroatoms. The number of hydrogen-bond donors (Lipinski definition) is 0. The highest BCUT2D eigenvalue weighted by Crippen LogP contribution is 2.42. The Hall–Kier alpha value is -1.99. The van der Waals surface area contributed by atoms with Crippen molar-refractivity contribution >= 4 is 17.0 Å². The van der Waals surface area contributed by atoms with Gasteiger partial charge in [0, 0.05) is 30.7 Å². The van der Waals surface area contributed by atoms with E-state index in [0.717, 1.165) is 17.1 Å². The third-order valence-corrected chi connectivity index (χ3v) is 4.12. The largest absolute Gasteiger partial charge is 0.364 e. The SMILES string of the molecule is COCN1C(c2nccs2)=CC2CC=CC([N+](=O)[O-])=C21. The van der Waals surface area contributed by atoms with Crippen LogP contribution in [0.15, 0.2) is 41.2 Å². The maximum absolute atomic E-state index is 11.2. The van der Waals surface area contributed by atoms with E-state index in [-0.39, 0.29) is 23.3 Å². The zero-order valence-electron chi connectivity index (χ0n) is 10.9. The molecule has 0 saturated carbocycles. The summed E-state index contributed by atoms with van der Waals surface area (Å²) >= 11 is 1.52. The van der Waals surface area contributed by atoms with Crippen LogP contribution in [0, 0.1) is 16.0 Å². The molecular formula is C13H13N3O3S. The van der Waals surface area contributed by atoms with Crippen molar-refractivity contribution in [1.82, 2.24) is 9.88 Å². The lowest BCUT2D eigenvalue weighted by Crippen LogP contribution is -2.26. The Kier molecular flexibility index (Phi) is 3.37. The molecule has 1 atom stereocenters. The number of aromatic nitrogens is 1. The van der Waals surface area contributed by atoms with E-state index in [1.807, 2.05) is 22.4 Å². The lowest BCUT2D eigenvalue weighted by molar-refractivity contribution is -0.421. The van der Waals surface area contributed by atoms with Gasteiger partial charge in [0.25, 0.3) is 5.70 Å². The summed E-state index contributed by atoms with van der Waals surface area (Å²) in [4.78, 5) is 17.0. The summed E-state index contributed by atoms with van der Waals surface area (Å²) in [6, 6.07) is 0. The van der Waals surface area contributed by atoms with Crippen LogP contribution in [0.2, 0.25) is 0 Å². The van der Waals surface area contributed by atoms with Crippen LogP contribution in [0.1, 0.15) is 11.4 Å². The van der Waals surface area contributed by atoms with E-state index < -0.39 is 0 Å². The van der Waals surface area contributed by atoms with Gasteiger partial charge in [-0.3, -0.25) is 10.1 Å². The molecule has 0 bridgehead atoms. The van der Waals surface area contributed by atoms with Crippen LogP contribution in [0.3, 0.4) is 0 Å². The van der Waals surface area contributed by atoms with Crippen LogP contribution < -0.4 is 0 Å². The molecule has 1 aromatic heterocycles. The van der Waals surface area contributed by atoms with Crippen molar-refractivity contribution in [2.45, 2.75) is 6.42 Å². The van der Waals surface area contributed by atoms with E-state index in [0.29, 0.717) is 5.70 Å². The minimum Gasteiger partial charge on any atom is -0.364 e. The quantitative estimate of drug-likeness (QED) is 0.629. The van der Waals surface area contributed by atoms with Crippen molar-refractivity contribution in [3.8, 4) is 0 Å². The average molecular weight is 291 g/mol. The topological polar surface area (TPSA) is 68.5 Å². The maximum Gasteiger partial charge on any atom is 0.289 e. The molecule has 2 aliphatic rings. The van der Waals surface area contributed by atoms with Crippen LogP contribution >= 0.6 is 11.3 Å². The van der Waals surface area contributed by atoms with E-state index in [1.165, 1.54) is 11.3 Å². The summed E-state index contributed by atoms with van der Waals surface area (Å²) in [5, 5.41) is 14.0. The zero-order valence-corrected chi connectivity index (χ0v) is 11.7. The molecule has 0 amide bonds. The van der Waals surface area contributed by atoms with Crippen molar-refractivity contribution in [3.63, 3.8) is 0 Å². The standard InChI is InChI=1S/C13H13N3O3S/c1-19-8-15-11(13-14-5-6-20-13)7-9-3-2-4-10(12(9)15)16(17)18/h2,4-7,9H,3,8H2,1H3. The second kappa shape index (κ2) is 5.18. The molecular weight excluding hydrogens is 278 g/mol. The molecule has 0 spiro atoms. The Labute approximate surface area is 119 Å². The van der Waals surface area contributed by atoms with Crippen LogP contribution in [-0.4, -0.2) is 28.6 Å². The van der Waals surface area contributed by atoms with Gasteiger partial charge in [0.1, 0.15) is 17.4 Å². The number of thiazole rings is 1. The number of allylic oxidation sites excluding steroid dienone is 3. The highest BCUT2D eigenvalue weighted by atomic mass is 32.1. The van der Waals surface area contributed by atoms with Crippen molar-refractivity contribution in [2.75, 3.05) is 13.8 Å². The van der Waals surface area contributed by atoms with Gasteiger partial charge in [-0.15, -0.1) is 11.3 Å². The molecule has 3 rings (SSSR count). The molecule has 0 radical (unpaired) electrons.